The van der Waals surface area contributed by atoms with E-state index < -0.39 is 5.41 Å². The number of nitrogens with one attached hydrogen (secondary N) is 1. The molecule has 1 rings (SSSR count). The summed E-state index contributed by atoms with van der Waals surface area (Å²) in [6.45, 7) is 11.4. The van der Waals surface area contributed by atoms with Crippen molar-refractivity contribution in [3.63, 3.8) is 0 Å². The Labute approximate surface area is 121 Å². The number of esters is 1. The molecule has 1 N–H and O–H groups in total. The number of benzene rings is 1. The molecule has 0 saturated heterocycles. The van der Waals surface area contributed by atoms with E-state index in [4.69, 9.17) is 4.74 Å². The molecule has 3 heteroatoms. The monoisotopic (exact) mass is 273 g/mol. The second-order valence-electron chi connectivity index (χ2n) is 5.59. The predicted octanol–water partition coefficient (Wildman–Crippen LogP) is 4.50. The Morgan fingerprint density at radius 1 is 1.30 bits per heavy atom. The van der Waals surface area contributed by atoms with Crippen LogP contribution in [0.2, 0.25) is 0 Å². The lowest BCUT2D eigenvalue weighted by atomic mass is 9.97. The third-order valence-corrected chi connectivity index (χ3v) is 2.57. The van der Waals surface area contributed by atoms with Crippen LogP contribution < -0.4 is 5.32 Å². The van der Waals surface area contributed by atoms with Crippen LogP contribution in [-0.4, -0.2) is 5.97 Å². The molecule has 0 saturated carbocycles. The highest BCUT2D eigenvalue weighted by molar-refractivity contribution is 5.77. The van der Waals surface area contributed by atoms with Crippen LogP contribution in [-0.2, 0) is 9.53 Å². The zero-order chi connectivity index (χ0) is 15.2. The van der Waals surface area contributed by atoms with Gasteiger partial charge in [-0.2, -0.15) is 0 Å². The van der Waals surface area contributed by atoms with Crippen LogP contribution in [0.15, 0.2) is 54.4 Å². The molecule has 108 valence electrons. The van der Waals surface area contributed by atoms with E-state index in [-0.39, 0.29) is 5.97 Å². The molecule has 0 aliphatic carbocycles. The predicted molar refractivity (Wildman–Crippen MR) is 83.1 cm³/mol. The van der Waals surface area contributed by atoms with Gasteiger partial charge < -0.3 is 10.1 Å². The molecule has 20 heavy (non-hydrogen) atoms. The van der Waals surface area contributed by atoms with Gasteiger partial charge in [0, 0.05) is 5.69 Å². The number of hydrogen-bond donors (Lipinski definition) is 1. The van der Waals surface area contributed by atoms with Crippen molar-refractivity contribution < 1.29 is 9.53 Å². The summed E-state index contributed by atoms with van der Waals surface area (Å²) in [6.07, 6.45) is 2.62. The number of allylic oxidation sites excluding steroid dienone is 1. The number of ether oxygens (including phenoxy) is 1. The number of carbonyl (C=O) groups excluding carboxylic acids is 1. The van der Waals surface area contributed by atoms with E-state index in [0.29, 0.717) is 11.5 Å². The van der Waals surface area contributed by atoms with Crippen LogP contribution in [0.25, 0.3) is 0 Å². The largest absolute Gasteiger partial charge is 0.424 e. The highest BCUT2D eigenvalue weighted by Crippen LogP contribution is 2.21. The first kappa shape index (κ1) is 16.0. The number of para-hydroxylation sites is 1. The van der Waals surface area contributed by atoms with E-state index >= 15 is 0 Å². The van der Waals surface area contributed by atoms with Crippen LogP contribution in [0, 0.1) is 5.41 Å². The lowest BCUT2D eigenvalue weighted by Gasteiger charge is -2.19. The van der Waals surface area contributed by atoms with E-state index in [9.17, 15) is 4.79 Å². The van der Waals surface area contributed by atoms with E-state index in [0.717, 1.165) is 12.1 Å². The van der Waals surface area contributed by atoms with Crippen molar-refractivity contribution >= 4 is 11.7 Å². The summed E-state index contributed by atoms with van der Waals surface area (Å²) in [7, 11) is 0. The molecule has 0 amide bonds. The van der Waals surface area contributed by atoms with Crippen LogP contribution >= 0.6 is 0 Å². The van der Waals surface area contributed by atoms with Gasteiger partial charge in [0.2, 0.25) is 0 Å². The third-order valence-electron chi connectivity index (χ3n) is 2.57. The summed E-state index contributed by atoms with van der Waals surface area (Å²) in [6, 6.07) is 9.66. The van der Waals surface area contributed by atoms with Crippen LogP contribution in [0.4, 0.5) is 5.69 Å². The second kappa shape index (κ2) is 6.94. The summed E-state index contributed by atoms with van der Waals surface area (Å²) in [5.74, 6) is 0.212. The number of hydrogen-bond acceptors (Lipinski definition) is 3. The molecule has 0 bridgehead atoms. The SMILES string of the molecule is C=C(Nc1ccccc1)/C(=C\CC)OC(=O)C(C)(C)C. The molecule has 1 aromatic carbocycles. The van der Waals surface area contributed by atoms with Gasteiger partial charge >= 0.3 is 5.97 Å². The normalized spacial score (nSPS) is 11.9. The Hall–Kier alpha value is -2.03. The minimum Gasteiger partial charge on any atom is -0.424 e. The summed E-state index contributed by atoms with van der Waals surface area (Å²) in [4.78, 5) is 12.0. The first-order chi connectivity index (χ1) is 9.34. The second-order valence-corrected chi connectivity index (χ2v) is 5.59. The van der Waals surface area contributed by atoms with Crippen molar-refractivity contribution in [2.75, 3.05) is 5.32 Å². The highest BCUT2D eigenvalue weighted by atomic mass is 16.5. The van der Waals surface area contributed by atoms with Gasteiger partial charge in [0.15, 0.2) is 0 Å². The maximum absolute atomic E-state index is 12.0. The molecule has 0 fully saturated rings. The molecule has 0 aromatic heterocycles. The molecule has 0 spiro atoms. The fourth-order valence-corrected chi connectivity index (χ4v) is 1.42. The molecule has 0 unspecified atom stereocenters. The Kier molecular flexibility index (Phi) is 5.56. The Bertz CT molecular complexity index is 495. The smallest absolute Gasteiger partial charge is 0.316 e. The van der Waals surface area contributed by atoms with Gasteiger partial charge in [0.1, 0.15) is 5.76 Å². The average molecular weight is 273 g/mol. The summed E-state index contributed by atoms with van der Waals surface area (Å²) in [5, 5.41) is 3.14. The van der Waals surface area contributed by atoms with Gasteiger partial charge in [-0.15, -0.1) is 0 Å². The lowest BCUT2D eigenvalue weighted by Crippen LogP contribution is -2.23. The molecular formula is C17H23NO2. The molecule has 1 aromatic rings. The van der Waals surface area contributed by atoms with Gasteiger partial charge in [-0.05, 0) is 45.4 Å². The van der Waals surface area contributed by atoms with Crippen molar-refractivity contribution in [2.45, 2.75) is 34.1 Å². The van der Waals surface area contributed by atoms with Gasteiger partial charge in [0.25, 0.3) is 0 Å². The van der Waals surface area contributed by atoms with Crippen LogP contribution in [0.3, 0.4) is 0 Å². The summed E-state index contributed by atoms with van der Waals surface area (Å²) >= 11 is 0. The average Bonchev–Trinajstić information content (AvgIpc) is 2.38. The number of anilines is 1. The Morgan fingerprint density at radius 3 is 2.40 bits per heavy atom. The van der Waals surface area contributed by atoms with Gasteiger partial charge in [-0.25, -0.2) is 0 Å². The molecule has 0 radical (unpaired) electrons. The molecule has 0 atom stereocenters. The zero-order valence-corrected chi connectivity index (χ0v) is 12.7. The molecule has 0 heterocycles. The summed E-state index contributed by atoms with van der Waals surface area (Å²) < 4.78 is 5.45. The first-order valence-corrected chi connectivity index (χ1v) is 6.78. The van der Waals surface area contributed by atoms with E-state index in [1.54, 1.807) is 0 Å². The minimum absolute atomic E-state index is 0.270. The third kappa shape index (κ3) is 4.92. The molecule has 0 aliphatic heterocycles. The topological polar surface area (TPSA) is 38.3 Å². The maximum Gasteiger partial charge on any atom is 0.316 e. The van der Waals surface area contributed by atoms with Crippen LogP contribution in [0.1, 0.15) is 34.1 Å². The maximum atomic E-state index is 12.0. The zero-order valence-electron chi connectivity index (χ0n) is 12.7. The highest BCUT2D eigenvalue weighted by Gasteiger charge is 2.25. The fraction of sp³-hybridized carbons (Fsp3) is 0.353. The lowest BCUT2D eigenvalue weighted by molar-refractivity contribution is -0.148. The van der Waals surface area contributed by atoms with E-state index in [1.165, 1.54) is 0 Å². The van der Waals surface area contributed by atoms with Crippen molar-refractivity contribution in [3.8, 4) is 0 Å². The van der Waals surface area contributed by atoms with Crippen molar-refractivity contribution in [3.05, 3.63) is 54.4 Å². The fourth-order valence-electron chi connectivity index (χ4n) is 1.42. The van der Waals surface area contributed by atoms with Crippen molar-refractivity contribution in [2.24, 2.45) is 5.41 Å². The standard InChI is InChI=1S/C17H23NO2/c1-6-10-15(20-16(19)17(3,4)5)13(2)18-14-11-8-7-9-12-14/h7-12,18H,2,6H2,1,3-5H3/b15-10+. The molecular weight excluding hydrogens is 250 g/mol. The molecule has 0 aliphatic rings. The summed E-state index contributed by atoms with van der Waals surface area (Å²) in [5.41, 5.74) is 0.946. The van der Waals surface area contributed by atoms with Crippen LogP contribution in [0.5, 0.6) is 0 Å². The number of carbonyl (C=O) groups is 1. The van der Waals surface area contributed by atoms with Gasteiger partial charge in [0.05, 0.1) is 11.1 Å². The Balaban J connectivity index is 2.79. The number of rotatable bonds is 5. The minimum atomic E-state index is -0.542. The molecule has 3 nitrogen and oxygen atoms in total. The van der Waals surface area contributed by atoms with Gasteiger partial charge in [-0.3, -0.25) is 4.79 Å². The van der Waals surface area contributed by atoms with Crippen molar-refractivity contribution in [1.29, 1.82) is 0 Å². The van der Waals surface area contributed by atoms with E-state index in [1.807, 2.05) is 64.1 Å². The van der Waals surface area contributed by atoms with Crippen molar-refractivity contribution in [1.82, 2.24) is 0 Å². The van der Waals surface area contributed by atoms with E-state index in [2.05, 4.69) is 11.9 Å². The van der Waals surface area contributed by atoms with Gasteiger partial charge in [-0.1, -0.05) is 31.7 Å². The Morgan fingerprint density at radius 2 is 1.90 bits per heavy atom. The quantitative estimate of drug-likeness (QED) is 0.488. The first-order valence-electron chi connectivity index (χ1n) is 6.78.